The molecule has 2 aliphatic heterocycles. The van der Waals surface area contributed by atoms with Gasteiger partial charge in [-0.15, -0.1) is 0 Å². The van der Waals surface area contributed by atoms with Crippen molar-refractivity contribution in [2.75, 3.05) is 98.9 Å². The van der Waals surface area contributed by atoms with Gasteiger partial charge < -0.3 is 32.9 Å². The van der Waals surface area contributed by atoms with Crippen LogP contribution in [0.5, 0.6) is 0 Å². The van der Waals surface area contributed by atoms with Crippen LogP contribution in [0.1, 0.15) is 29.3 Å². The number of nitrogens with zero attached hydrogens (tertiary/aromatic N) is 3. The number of morpholine rings is 1. The molecule has 310 valence electrons. The molecule has 0 amide bonds. The third-order valence-corrected chi connectivity index (χ3v) is 12.8. The molecular formula is C41H54ClN4O10P. The molecule has 6 rings (SSSR count). The summed E-state index contributed by atoms with van der Waals surface area (Å²) in [6.45, 7) is 2.24. The number of hydrogen-bond donors (Lipinski definition) is 1. The van der Waals surface area contributed by atoms with E-state index in [1.54, 1.807) is 11.6 Å². The predicted octanol–water partition coefficient (Wildman–Crippen LogP) is 4.88. The smallest absolute Gasteiger partial charge is 0.363 e. The first-order chi connectivity index (χ1) is 27.8. The van der Waals surface area contributed by atoms with Crippen LogP contribution in [0.2, 0.25) is 0 Å². The lowest BCUT2D eigenvalue weighted by Crippen LogP contribution is -2.60. The number of aryl methyl sites for hydroxylation is 1. The highest BCUT2D eigenvalue weighted by Gasteiger charge is 2.49. The first kappa shape index (κ1) is 43.3. The Morgan fingerprint density at radius 3 is 1.86 bits per heavy atom. The summed E-state index contributed by atoms with van der Waals surface area (Å²) < 4.78 is 58.3. The molecule has 2 aromatic carbocycles. The standard InChI is InChI=1S/C41H54ClN4O10P/c1-33-29-46(40(48)43-39(33)47)38-31-44(41(34-11-5-2-6-12-34,35-13-7-3-8-14-35)36-15-9-4-10-16-36)30-37(56-38)32-55-57(42,49)45-17-19-50-21-23-52-25-27-54-28-26-53-24-22-51-20-18-45/h2-15,29,36-38H,16-28,30-32H2,1H3,(H,43,47,48). The largest absolute Gasteiger partial charge is 0.378 e. The zero-order valence-corrected chi connectivity index (χ0v) is 34.1. The van der Waals surface area contributed by atoms with Gasteiger partial charge in [0.15, 0.2) is 6.23 Å². The quantitative estimate of drug-likeness (QED) is 0.294. The van der Waals surface area contributed by atoms with Gasteiger partial charge in [-0.25, -0.2) is 9.46 Å². The normalized spacial score (nSPS) is 24.3. The third kappa shape index (κ3) is 11.5. The highest BCUT2D eigenvalue weighted by Crippen LogP contribution is 2.56. The van der Waals surface area contributed by atoms with E-state index in [4.69, 9.17) is 44.2 Å². The van der Waals surface area contributed by atoms with E-state index < -0.39 is 36.0 Å². The first-order valence-electron chi connectivity index (χ1n) is 19.5. The first-order valence-corrected chi connectivity index (χ1v) is 22.0. The van der Waals surface area contributed by atoms with Crippen LogP contribution in [0.25, 0.3) is 0 Å². The van der Waals surface area contributed by atoms with Crippen molar-refractivity contribution in [1.82, 2.24) is 19.1 Å². The van der Waals surface area contributed by atoms with Crippen LogP contribution in [-0.2, 0) is 43.0 Å². The number of rotatable bonds is 9. The minimum atomic E-state index is -3.97. The minimum Gasteiger partial charge on any atom is -0.378 e. The van der Waals surface area contributed by atoms with E-state index in [9.17, 15) is 14.2 Å². The van der Waals surface area contributed by atoms with Crippen LogP contribution in [0.3, 0.4) is 0 Å². The molecule has 16 heteroatoms. The number of halogens is 1. The van der Waals surface area contributed by atoms with Gasteiger partial charge in [0.1, 0.15) is 0 Å². The second kappa shape index (κ2) is 21.7. The minimum absolute atomic E-state index is 0.0248. The molecular weight excluding hydrogens is 775 g/mol. The van der Waals surface area contributed by atoms with Crippen molar-refractivity contribution in [3.63, 3.8) is 0 Å². The molecule has 2 fully saturated rings. The number of allylic oxidation sites excluding steroid dienone is 3. The molecule has 0 bridgehead atoms. The fourth-order valence-electron chi connectivity index (χ4n) is 7.55. The number of nitrogens with one attached hydrogen (secondary N) is 1. The second-order valence-electron chi connectivity index (χ2n) is 14.0. The molecule has 1 aromatic heterocycles. The van der Waals surface area contributed by atoms with Crippen molar-refractivity contribution in [2.24, 2.45) is 5.92 Å². The molecule has 2 saturated heterocycles. The SMILES string of the molecule is Cc1cn(C2CN(C(c3ccccc3)(c3ccccc3)C3C=CC=CC3)CC(COP(=O)(Cl)N3CCOCCOCCOCCOCCOCC3)O2)c(=O)[nH]c1=O. The summed E-state index contributed by atoms with van der Waals surface area (Å²) in [6, 6.07) is 20.6. The molecule has 57 heavy (non-hydrogen) atoms. The van der Waals surface area contributed by atoms with Crippen LogP contribution >= 0.6 is 18.1 Å². The Bertz CT molecular complexity index is 1850. The van der Waals surface area contributed by atoms with Gasteiger partial charge in [-0.2, -0.15) is 0 Å². The lowest BCUT2D eigenvalue weighted by atomic mass is 9.69. The van der Waals surface area contributed by atoms with Crippen molar-refractivity contribution in [3.8, 4) is 0 Å². The number of aromatic nitrogens is 2. The Hall–Kier alpha value is -3.24. The van der Waals surface area contributed by atoms with Crippen molar-refractivity contribution in [3.05, 3.63) is 129 Å². The number of H-pyrrole nitrogens is 1. The lowest BCUT2D eigenvalue weighted by Gasteiger charge is -2.53. The fourth-order valence-corrected chi connectivity index (χ4v) is 9.33. The maximum atomic E-state index is 14.3. The van der Waals surface area contributed by atoms with E-state index in [1.165, 1.54) is 10.8 Å². The lowest BCUT2D eigenvalue weighted by molar-refractivity contribution is -0.157. The van der Waals surface area contributed by atoms with E-state index in [1.807, 2.05) is 36.4 Å². The van der Waals surface area contributed by atoms with E-state index in [-0.39, 0.29) is 45.4 Å². The predicted molar refractivity (Wildman–Crippen MR) is 217 cm³/mol. The summed E-state index contributed by atoms with van der Waals surface area (Å²) >= 11 is 6.83. The molecule has 0 radical (unpaired) electrons. The van der Waals surface area contributed by atoms with Crippen LogP contribution < -0.4 is 11.2 Å². The van der Waals surface area contributed by atoms with Crippen LogP contribution in [0.15, 0.2) is 101 Å². The maximum Gasteiger partial charge on any atom is 0.363 e. The van der Waals surface area contributed by atoms with Crippen LogP contribution in [0, 0.1) is 12.8 Å². The number of aromatic amines is 1. The van der Waals surface area contributed by atoms with Gasteiger partial charge in [0.25, 0.3) is 5.56 Å². The number of hydrogen-bond acceptors (Lipinski definition) is 11. The zero-order valence-electron chi connectivity index (χ0n) is 32.5. The van der Waals surface area contributed by atoms with Gasteiger partial charge in [0.2, 0.25) is 0 Å². The average Bonchev–Trinajstić information content (AvgIpc) is 3.23. The summed E-state index contributed by atoms with van der Waals surface area (Å²) in [6.07, 6.45) is 9.22. The number of ether oxygens (including phenoxy) is 6. The van der Waals surface area contributed by atoms with Crippen molar-refractivity contribution >= 4 is 18.1 Å². The topological polar surface area (TPSA) is 143 Å². The van der Waals surface area contributed by atoms with E-state index in [2.05, 4.69) is 58.5 Å². The summed E-state index contributed by atoms with van der Waals surface area (Å²) in [5, 5.41) is 0. The molecule has 4 unspecified atom stereocenters. The van der Waals surface area contributed by atoms with Crippen molar-refractivity contribution in [1.29, 1.82) is 0 Å². The van der Waals surface area contributed by atoms with Crippen LogP contribution in [0.4, 0.5) is 0 Å². The Morgan fingerprint density at radius 2 is 1.33 bits per heavy atom. The number of benzene rings is 2. The highest BCUT2D eigenvalue weighted by atomic mass is 35.7. The van der Waals surface area contributed by atoms with Gasteiger partial charge in [-0.1, -0.05) is 85.0 Å². The summed E-state index contributed by atoms with van der Waals surface area (Å²) in [7, 11) is 0. The van der Waals surface area contributed by atoms with Gasteiger partial charge >= 0.3 is 12.6 Å². The highest BCUT2D eigenvalue weighted by molar-refractivity contribution is 7.83. The third-order valence-electron chi connectivity index (χ3n) is 10.3. The van der Waals surface area contributed by atoms with Gasteiger partial charge in [0, 0.05) is 43.9 Å². The van der Waals surface area contributed by atoms with Crippen molar-refractivity contribution < 1.29 is 37.5 Å². The molecule has 14 nitrogen and oxygen atoms in total. The Morgan fingerprint density at radius 1 is 0.789 bits per heavy atom. The van der Waals surface area contributed by atoms with Gasteiger partial charge in [0.05, 0.1) is 84.3 Å². The summed E-state index contributed by atoms with van der Waals surface area (Å²) in [4.78, 5) is 30.7. The fraction of sp³-hybridized carbons (Fsp3) is 0.512. The molecule has 3 aliphatic rings. The molecule has 3 heterocycles. The molecule has 4 atom stereocenters. The van der Waals surface area contributed by atoms with Crippen molar-refractivity contribution in [2.45, 2.75) is 31.2 Å². The molecule has 3 aromatic rings. The maximum absolute atomic E-state index is 14.3. The Labute approximate surface area is 338 Å². The average molecular weight is 829 g/mol. The van der Waals surface area contributed by atoms with E-state index in [0.29, 0.717) is 65.0 Å². The van der Waals surface area contributed by atoms with Gasteiger partial charge in [-0.05, 0) is 35.7 Å². The van der Waals surface area contributed by atoms with Gasteiger partial charge in [-0.3, -0.25) is 23.8 Å². The summed E-state index contributed by atoms with van der Waals surface area (Å²) in [5.74, 6) is -0.0248. The molecule has 0 spiro atoms. The summed E-state index contributed by atoms with van der Waals surface area (Å²) in [5.41, 5.74) is 0.671. The van der Waals surface area contributed by atoms with Crippen LogP contribution in [-0.4, -0.2) is 124 Å². The molecule has 1 N–H and O–H groups in total. The Balaban J connectivity index is 1.30. The van der Waals surface area contributed by atoms with E-state index >= 15 is 0 Å². The molecule has 0 saturated carbocycles. The monoisotopic (exact) mass is 828 g/mol. The second-order valence-corrected chi connectivity index (χ2v) is 17.0. The zero-order chi connectivity index (χ0) is 39.9. The van der Waals surface area contributed by atoms with E-state index in [0.717, 1.165) is 17.5 Å². The molecule has 1 aliphatic carbocycles. The Kier molecular flexibility index (Phi) is 16.5.